The lowest BCUT2D eigenvalue weighted by molar-refractivity contribution is -0.165. The summed E-state index contributed by atoms with van der Waals surface area (Å²) >= 11 is 0. The second kappa shape index (κ2) is 8.17. The first-order valence-electron chi connectivity index (χ1n) is 9.06. The minimum absolute atomic E-state index is 0.107. The predicted molar refractivity (Wildman–Crippen MR) is 91.7 cm³/mol. The fourth-order valence-electron chi connectivity index (χ4n) is 3.15. The molecule has 2 aliphatic heterocycles. The van der Waals surface area contributed by atoms with E-state index in [-0.39, 0.29) is 23.7 Å². The fourth-order valence-corrected chi connectivity index (χ4v) is 3.15. The topological polar surface area (TPSA) is 76.2 Å². The molecule has 2 rings (SSSR count). The number of carbonyl (C=O) groups is 3. The summed E-state index contributed by atoms with van der Waals surface area (Å²) in [6, 6.07) is 0. The number of carbonyl (C=O) groups excluding carboxylic acids is 3. The molecular weight excluding hydrogens is 324 g/mol. The molecular formula is C18H30N2O5. The van der Waals surface area contributed by atoms with Gasteiger partial charge in [0.15, 0.2) is 6.10 Å². The highest BCUT2D eigenvalue weighted by molar-refractivity contribution is 5.84. The van der Waals surface area contributed by atoms with Crippen molar-refractivity contribution in [3.63, 3.8) is 0 Å². The Hall–Kier alpha value is -1.63. The van der Waals surface area contributed by atoms with E-state index < -0.39 is 11.5 Å². The van der Waals surface area contributed by atoms with Gasteiger partial charge in [-0.25, -0.2) is 0 Å². The number of hydrogen-bond acceptors (Lipinski definition) is 5. The van der Waals surface area contributed by atoms with E-state index in [1.54, 1.807) is 11.8 Å². The van der Waals surface area contributed by atoms with Gasteiger partial charge < -0.3 is 19.3 Å². The Bertz CT molecular complexity index is 500. The van der Waals surface area contributed by atoms with Gasteiger partial charge in [-0.3, -0.25) is 14.4 Å². The third-order valence-corrected chi connectivity index (χ3v) is 4.72. The summed E-state index contributed by atoms with van der Waals surface area (Å²) in [4.78, 5) is 40.4. The lowest BCUT2D eigenvalue weighted by atomic mass is 9.91. The zero-order valence-electron chi connectivity index (χ0n) is 15.7. The minimum Gasteiger partial charge on any atom is -0.452 e. The van der Waals surface area contributed by atoms with Crippen LogP contribution in [0.25, 0.3) is 0 Å². The highest BCUT2D eigenvalue weighted by Crippen LogP contribution is 2.24. The maximum atomic E-state index is 12.3. The molecule has 1 atom stereocenters. The summed E-state index contributed by atoms with van der Waals surface area (Å²) < 4.78 is 10.6. The van der Waals surface area contributed by atoms with Gasteiger partial charge in [-0.2, -0.15) is 0 Å². The average molecular weight is 354 g/mol. The maximum Gasteiger partial charge on any atom is 0.309 e. The fraction of sp³-hybridized carbons (Fsp3) is 0.833. The van der Waals surface area contributed by atoms with Gasteiger partial charge in [0.25, 0.3) is 5.91 Å². The van der Waals surface area contributed by atoms with Gasteiger partial charge in [-0.15, -0.1) is 0 Å². The van der Waals surface area contributed by atoms with Crippen molar-refractivity contribution in [2.24, 2.45) is 11.3 Å². The van der Waals surface area contributed by atoms with Crippen molar-refractivity contribution < 1.29 is 23.9 Å². The third-order valence-electron chi connectivity index (χ3n) is 4.72. The number of piperidine rings is 1. The van der Waals surface area contributed by atoms with Crippen LogP contribution in [0, 0.1) is 11.3 Å². The van der Waals surface area contributed by atoms with E-state index in [1.807, 2.05) is 25.7 Å². The van der Waals surface area contributed by atoms with Crippen LogP contribution < -0.4 is 0 Å². The average Bonchev–Trinajstić information content (AvgIpc) is 2.60. The van der Waals surface area contributed by atoms with Crippen LogP contribution in [-0.2, 0) is 23.9 Å². The quantitative estimate of drug-likeness (QED) is 0.709. The Balaban J connectivity index is 1.80. The number of amides is 2. The SMILES string of the molecule is CC(OC(=O)C1CCN(C(=O)C(C)(C)C)CC1)C(=O)N1CCOCC1. The molecule has 2 heterocycles. The molecule has 0 N–H and O–H groups in total. The van der Waals surface area contributed by atoms with Gasteiger partial charge in [0.2, 0.25) is 5.91 Å². The molecule has 0 aromatic heterocycles. The van der Waals surface area contributed by atoms with Gasteiger partial charge in [0, 0.05) is 31.6 Å². The Morgan fingerprint density at radius 2 is 1.56 bits per heavy atom. The molecule has 25 heavy (non-hydrogen) atoms. The van der Waals surface area contributed by atoms with Gasteiger partial charge in [-0.1, -0.05) is 20.8 Å². The number of ether oxygens (including phenoxy) is 2. The van der Waals surface area contributed by atoms with Gasteiger partial charge >= 0.3 is 5.97 Å². The van der Waals surface area contributed by atoms with E-state index in [0.717, 1.165) is 0 Å². The van der Waals surface area contributed by atoms with Gasteiger partial charge in [-0.05, 0) is 19.8 Å². The largest absolute Gasteiger partial charge is 0.452 e. The highest BCUT2D eigenvalue weighted by Gasteiger charge is 2.34. The molecule has 0 saturated carbocycles. The van der Waals surface area contributed by atoms with Crippen molar-refractivity contribution in [2.75, 3.05) is 39.4 Å². The van der Waals surface area contributed by atoms with E-state index in [9.17, 15) is 14.4 Å². The molecule has 7 heteroatoms. The summed E-state index contributed by atoms with van der Waals surface area (Å²) in [5, 5.41) is 0. The summed E-state index contributed by atoms with van der Waals surface area (Å²) in [7, 11) is 0. The van der Waals surface area contributed by atoms with Crippen LogP contribution in [0.15, 0.2) is 0 Å². The van der Waals surface area contributed by atoms with E-state index in [2.05, 4.69) is 0 Å². The Labute approximate surface area is 149 Å². The van der Waals surface area contributed by atoms with Crippen molar-refractivity contribution in [3.8, 4) is 0 Å². The van der Waals surface area contributed by atoms with Crippen LogP contribution in [0.2, 0.25) is 0 Å². The number of esters is 1. The molecule has 0 aromatic carbocycles. The molecule has 2 aliphatic rings. The lowest BCUT2D eigenvalue weighted by Gasteiger charge is -2.35. The molecule has 2 amide bonds. The molecule has 2 saturated heterocycles. The van der Waals surface area contributed by atoms with Crippen molar-refractivity contribution >= 4 is 17.8 Å². The van der Waals surface area contributed by atoms with Crippen LogP contribution in [0.1, 0.15) is 40.5 Å². The Morgan fingerprint density at radius 3 is 2.08 bits per heavy atom. The van der Waals surface area contributed by atoms with Crippen LogP contribution in [0.3, 0.4) is 0 Å². The molecule has 0 aromatic rings. The minimum atomic E-state index is -0.778. The molecule has 0 radical (unpaired) electrons. The molecule has 2 fully saturated rings. The van der Waals surface area contributed by atoms with Crippen molar-refractivity contribution in [1.82, 2.24) is 9.80 Å². The molecule has 0 aliphatic carbocycles. The summed E-state index contributed by atoms with van der Waals surface area (Å²) in [6.45, 7) is 10.5. The number of likely N-dealkylation sites (tertiary alicyclic amines) is 1. The van der Waals surface area contributed by atoms with E-state index in [4.69, 9.17) is 9.47 Å². The zero-order valence-corrected chi connectivity index (χ0v) is 15.7. The van der Waals surface area contributed by atoms with Crippen molar-refractivity contribution in [1.29, 1.82) is 0 Å². The molecule has 0 bridgehead atoms. The molecule has 1 unspecified atom stereocenters. The number of hydrogen-bond donors (Lipinski definition) is 0. The zero-order chi connectivity index (χ0) is 18.6. The Morgan fingerprint density at radius 1 is 1.00 bits per heavy atom. The second-order valence-corrected chi connectivity index (χ2v) is 7.83. The first-order chi connectivity index (χ1) is 11.7. The number of rotatable bonds is 3. The smallest absolute Gasteiger partial charge is 0.309 e. The first kappa shape index (κ1) is 19.7. The predicted octanol–water partition coefficient (Wildman–Crippen LogP) is 1.06. The van der Waals surface area contributed by atoms with Crippen LogP contribution in [0.4, 0.5) is 0 Å². The molecule has 7 nitrogen and oxygen atoms in total. The van der Waals surface area contributed by atoms with Gasteiger partial charge in [0.05, 0.1) is 19.1 Å². The van der Waals surface area contributed by atoms with Crippen LogP contribution >= 0.6 is 0 Å². The third kappa shape index (κ3) is 5.17. The van der Waals surface area contributed by atoms with Crippen LogP contribution in [-0.4, -0.2) is 73.1 Å². The van der Waals surface area contributed by atoms with Crippen molar-refractivity contribution in [3.05, 3.63) is 0 Å². The maximum absolute atomic E-state index is 12.3. The monoisotopic (exact) mass is 354 g/mol. The van der Waals surface area contributed by atoms with Crippen LogP contribution in [0.5, 0.6) is 0 Å². The summed E-state index contributed by atoms with van der Waals surface area (Å²) in [6.07, 6.45) is 0.387. The summed E-state index contributed by atoms with van der Waals surface area (Å²) in [5.74, 6) is -0.645. The standard InChI is InChI=1S/C18H30N2O5/c1-13(15(21)19-9-11-24-12-10-19)25-16(22)14-5-7-20(8-6-14)17(23)18(2,3)4/h13-14H,5-12H2,1-4H3. The number of nitrogens with zero attached hydrogens (tertiary/aromatic N) is 2. The van der Waals surface area contributed by atoms with E-state index >= 15 is 0 Å². The second-order valence-electron chi connectivity index (χ2n) is 7.83. The Kier molecular flexibility index (Phi) is 6.43. The lowest BCUT2D eigenvalue weighted by Crippen LogP contribution is -2.47. The van der Waals surface area contributed by atoms with E-state index in [0.29, 0.717) is 52.2 Å². The molecule has 0 spiro atoms. The summed E-state index contributed by atoms with van der Waals surface area (Å²) in [5.41, 5.74) is -0.410. The first-order valence-corrected chi connectivity index (χ1v) is 9.06. The van der Waals surface area contributed by atoms with E-state index in [1.165, 1.54) is 0 Å². The number of morpholine rings is 1. The molecule has 142 valence electrons. The van der Waals surface area contributed by atoms with Gasteiger partial charge in [0.1, 0.15) is 0 Å². The normalized spacial score (nSPS) is 21.0. The van der Waals surface area contributed by atoms with Crippen molar-refractivity contribution in [2.45, 2.75) is 46.6 Å². The highest BCUT2D eigenvalue weighted by atomic mass is 16.5.